The van der Waals surface area contributed by atoms with E-state index in [9.17, 15) is 4.79 Å². The van der Waals surface area contributed by atoms with Crippen LogP contribution in [0.25, 0.3) is 0 Å². The van der Waals surface area contributed by atoms with Crippen molar-refractivity contribution in [3.8, 4) is 0 Å². The number of carbonyl (C=O) groups excluding carboxylic acids is 1. The maximum atomic E-state index is 11.8. The molecule has 2 aliphatic rings. The lowest BCUT2D eigenvalue weighted by molar-refractivity contribution is -0.127. The standard InChI is InChI=1S/C17H27N5O/c1-13-12-15(22-10-3-2-4-11-22)21-17(20-13)19-9-8-18-16(23)14-6-5-7-14/h12,14H,2-11H2,1H3,(H,18,23)(H,19,20,21). The summed E-state index contributed by atoms with van der Waals surface area (Å²) in [5.41, 5.74) is 0.974. The number of nitrogens with zero attached hydrogens (tertiary/aromatic N) is 3. The molecule has 1 amide bonds. The van der Waals surface area contributed by atoms with Crippen LogP contribution >= 0.6 is 0 Å². The third-order valence-corrected chi connectivity index (χ3v) is 4.70. The van der Waals surface area contributed by atoms with Crippen molar-refractivity contribution in [1.82, 2.24) is 15.3 Å². The highest BCUT2D eigenvalue weighted by Crippen LogP contribution is 2.26. The Morgan fingerprint density at radius 1 is 1.17 bits per heavy atom. The van der Waals surface area contributed by atoms with Crippen LogP contribution < -0.4 is 15.5 Å². The van der Waals surface area contributed by atoms with Crippen LogP contribution in [-0.2, 0) is 4.79 Å². The minimum atomic E-state index is 0.192. The van der Waals surface area contributed by atoms with Crippen molar-refractivity contribution >= 4 is 17.7 Å². The first-order chi connectivity index (χ1) is 11.2. The number of amides is 1. The molecule has 0 radical (unpaired) electrons. The van der Waals surface area contributed by atoms with Gasteiger partial charge in [0.15, 0.2) is 0 Å². The smallest absolute Gasteiger partial charge is 0.224 e. The van der Waals surface area contributed by atoms with E-state index in [1.54, 1.807) is 0 Å². The van der Waals surface area contributed by atoms with E-state index in [1.165, 1.54) is 25.7 Å². The van der Waals surface area contributed by atoms with E-state index in [1.807, 2.05) is 6.92 Å². The zero-order valence-electron chi connectivity index (χ0n) is 14.0. The third-order valence-electron chi connectivity index (χ3n) is 4.70. The lowest BCUT2D eigenvalue weighted by atomic mass is 9.85. The monoisotopic (exact) mass is 317 g/mol. The van der Waals surface area contributed by atoms with E-state index in [0.717, 1.165) is 37.4 Å². The van der Waals surface area contributed by atoms with Gasteiger partial charge in [0.25, 0.3) is 0 Å². The molecule has 0 atom stereocenters. The van der Waals surface area contributed by atoms with Gasteiger partial charge in [-0.2, -0.15) is 4.98 Å². The summed E-state index contributed by atoms with van der Waals surface area (Å²) in [6.07, 6.45) is 7.05. The Hall–Kier alpha value is -1.85. The highest BCUT2D eigenvalue weighted by atomic mass is 16.1. The molecule has 2 fully saturated rings. The van der Waals surface area contributed by atoms with Crippen LogP contribution in [0.2, 0.25) is 0 Å². The van der Waals surface area contributed by atoms with Gasteiger partial charge >= 0.3 is 0 Å². The van der Waals surface area contributed by atoms with E-state index in [0.29, 0.717) is 19.0 Å². The Balaban J connectivity index is 1.48. The molecule has 0 spiro atoms. The Morgan fingerprint density at radius 2 is 1.96 bits per heavy atom. The first kappa shape index (κ1) is 16.0. The highest BCUT2D eigenvalue weighted by molar-refractivity contribution is 5.79. The van der Waals surface area contributed by atoms with E-state index < -0.39 is 0 Å². The average molecular weight is 317 g/mol. The van der Waals surface area contributed by atoms with Crippen molar-refractivity contribution in [3.05, 3.63) is 11.8 Å². The van der Waals surface area contributed by atoms with Crippen LogP contribution in [0.3, 0.4) is 0 Å². The van der Waals surface area contributed by atoms with Crippen molar-refractivity contribution < 1.29 is 4.79 Å². The molecule has 1 saturated carbocycles. The van der Waals surface area contributed by atoms with E-state index in [4.69, 9.17) is 0 Å². The van der Waals surface area contributed by atoms with Gasteiger partial charge in [-0.15, -0.1) is 0 Å². The SMILES string of the molecule is Cc1cc(N2CCCCC2)nc(NCCNC(=O)C2CCC2)n1. The van der Waals surface area contributed by atoms with Gasteiger partial charge in [0.1, 0.15) is 5.82 Å². The summed E-state index contributed by atoms with van der Waals surface area (Å²) in [6, 6.07) is 2.05. The molecular weight excluding hydrogens is 290 g/mol. The summed E-state index contributed by atoms with van der Waals surface area (Å²) in [7, 11) is 0. The molecule has 1 aromatic rings. The second-order valence-electron chi connectivity index (χ2n) is 6.58. The van der Waals surface area contributed by atoms with E-state index in [2.05, 4.69) is 31.6 Å². The molecule has 126 valence electrons. The number of rotatable bonds is 6. The van der Waals surface area contributed by atoms with Gasteiger partial charge in [0.05, 0.1) is 0 Å². The summed E-state index contributed by atoms with van der Waals surface area (Å²) in [5.74, 6) is 2.11. The van der Waals surface area contributed by atoms with Crippen LogP contribution in [0.5, 0.6) is 0 Å². The van der Waals surface area contributed by atoms with Crippen molar-refractivity contribution in [3.63, 3.8) is 0 Å². The minimum absolute atomic E-state index is 0.192. The average Bonchev–Trinajstić information content (AvgIpc) is 2.50. The summed E-state index contributed by atoms with van der Waals surface area (Å²) in [5, 5.41) is 6.21. The molecule has 1 aromatic heterocycles. The number of aryl methyl sites for hydroxylation is 1. The number of hydrogen-bond donors (Lipinski definition) is 2. The van der Waals surface area contributed by atoms with Gasteiger partial charge in [0.2, 0.25) is 11.9 Å². The molecule has 1 aliphatic heterocycles. The Kier molecular flexibility index (Phi) is 5.31. The topological polar surface area (TPSA) is 70.2 Å². The quantitative estimate of drug-likeness (QED) is 0.786. The molecule has 3 rings (SSSR count). The maximum absolute atomic E-state index is 11.8. The Bertz CT molecular complexity index is 538. The number of aromatic nitrogens is 2. The fourth-order valence-electron chi connectivity index (χ4n) is 3.09. The fourth-order valence-corrected chi connectivity index (χ4v) is 3.09. The summed E-state index contributed by atoms with van der Waals surface area (Å²) < 4.78 is 0. The normalized spacial score (nSPS) is 18.4. The van der Waals surface area contributed by atoms with Crippen LogP contribution in [0.1, 0.15) is 44.2 Å². The summed E-state index contributed by atoms with van der Waals surface area (Å²) in [4.78, 5) is 23.2. The van der Waals surface area contributed by atoms with Gasteiger partial charge in [-0.25, -0.2) is 4.98 Å². The predicted octanol–water partition coefficient (Wildman–Crippen LogP) is 2.10. The lowest BCUT2D eigenvalue weighted by Gasteiger charge is -2.28. The molecule has 0 bridgehead atoms. The minimum Gasteiger partial charge on any atom is -0.356 e. The molecule has 2 heterocycles. The van der Waals surface area contributed by atoms with Crippen molar-refractivity contribution in [2.45, 2.75) is 45.4 Å². The molecule has 0 unspecified atom stereocenters. The Morgan fingerprint density at radius 3 is 2.65 bits per heavy atom. The molecular formula is C17H27N5O. The molecule has 1 aliphatic carbocycles. The Labute approximate surface area is 138 Å². The van der Waals surface area contributed by atoms with Crippen molar-refractivity contribution in [2.24, 2.45) is 5.92 Å². The summed E-state index contributed by atoms with van der Waals surface area (Å²) in [6.45, 7) is 5.42. The second kappa shape index (κ2) is 7.62. The number of anilines is 2. The molecule has 6 heteroatoms. The molecule has 0 aromatic carbocycles. The van der Waals surface area contributed by atoms with Crippen LogP contribution in [-0.4, -0.2) is 42.1 Å². The second-order valence-corrected chi connectivity index (χ2v) is 6.58. The lowest BCUT2D eigenvalue weighted by Crippen LogP contribution is -2.37. The molecule has 1 saturated heterocycles. The summed E-state index contributed by atoms with van der Waals surface area (Å²) >= 11 is 0. The zero-order chi connectivity index (χ0) is 16.1. The number of piperidine rings is 1. The van der Waals surface area contributed by atoms with Gasteiger partial charge < -0.3 is 15.5 Å². The van der Waals surface area contributed by atoms with Gasteiger partial charge in [-0.05, 0) is 39.0 Å². The highest BCUT2D eigenvalue weighted by Gasteiger charge is 2.24. The molecule has 2 N–H and O–H groups in total. The largest absolute Gasteiger partial charge is 0.356 e. The zero-order valence-corrected chi connectivity index (χ0v) is 14.0. The first-order valence-electron chi connectivity index (χ1n) is 8.84. The van der Waals surface area contributed by atoms with Crippen molar-refractivity contribution in [1.29, 1.82) is 0 Å². The van der Waals surface area contributed by atoms with Crippen molar-refractivity contribution in [2.75, 3.05) is 36.4 Å². The molecule has 23 heavy (non-hydrogen) atoms. The van der Waals surface area contributed by atoms with Crippen LogP contribution in [0.15, 0.2) is 6.07 Å². The maximum Gasteiger partial charge on any atom is 0.224 e. The number of nitrogens with one attached hydrogen (secondary N) is 2. The molecule has 6 nitrogen and oxygen atoms in total. The number of carbonyl (C=O) groups is 1. The number of hydrogen-bond acceptors (Lipinski definition) is 5. The third kappa shape index (κ3) is 4.33. The predicted molar refractivity (Wildman–Crippen MR) is 91.7 cm³/mol. The van der Waals surface area contributed by atoms with E-state index >= 15 is 0 Å². The van der Waals surface area contributed by atoms with E-state index in [-0.39, 0.29) is 11.8 Å². The van der Waals surface area contributed by atoms with Crippen LogP contribution in [0.4, 0.5) is 11.8 Å². The van der Waals surface area contributed by atoms with Gasteiger partial charge in [-0.3, -0.25) is 4.79 Å². The van der Waals surface area contributed by atoms with Gasteiger partial charge in [-0.1, -0.05) is 6.42 Å². The van der Waals surface area contributed by atoms with Gasteiger partial charge in [0, 0.05) is 43.9 Å². The van der Waals surface area contributed by atoms with Crippen LogP contribution in [0, 0.1) is 12.8 Å². The fraction of sp³-hybridized carbons (Fsp3) is 0.706. The first-order valence-corrected chi connectivity index (χ1v) is 8.84.